The number of esters is 2. The zero-order chi connectivity index (χ0) is 32.2. The SMILES string of the molecule is CC/C=C/C=C/C=C/C=C/CCCCCC(=O)OCC(CO)OC(=O)CCC/C=C/C/C=C/C/C=C/C/C=C/C/C=C/CC. The van der Waals surface area contributed by atoms with Crippen LogP contribution >= 0.6 is 0 Å². The van der Waals surface area contributed by atoms with Crippen LogP contribution in [0.4, 0.5) is 0 Å². The molecule has 0 bridgehead atoms. The van der Waals surface area contributed by atoms with E-state index in [1.807, 2.05) is 36.5 Å². The van der Waals surface area contributed by atoms with Gasteiger partial charge < -0.3 is 14.6 Å². The molecule has 0 aliphatic rings. The molecule has 0 saturated heterocycles. The third kappa shape index (κ3) is 31.5. The van der Waals surface area contributed by atoms with Crippen molar-refractivity contribution in [2.75, 3.05) is 13.2 Å². The number of aliphatic hydroxyl groups is 1. The predicted molar refractivity (Wildman–Crippen MR) is 186 cm³/mol. The van der Waals surface area contributed by atoms with E-state index in [0.29, 0.717) is 12.8 Å². The highest BCUT2D eigenvalue weighted by molar-refractivity contribution is 5.70. The molecule has 0 aromatic rings. The zero-order valence-corrected chi connectivity index (χ0v) is 27.4. The first-order chi connectivity index (χ1) is 21.6. The molecule has 5 nitrogen and oxygen atoms in total. The summed E-state index contributed by atoms with van der Waals surface area (Å²) in [7, 11) is 0. The first kappa shape index (κ1) is 40.6. The van der Waals surface area contributed by atoms with Gasteiger partial charge in [0.2, 0.25) is 0 Å². The van der Waals surface area contributed by atoms with Gasteiger partial charge in [-0.25, -0.2) is 0 Å². The molecule has 0 aromatic heterocycles. The topological polar surface area (TPSA) is 72.8 Å². The highest BCUT2D eigenvalue weighted by atomic mass is 16.6. The largest absolute Gasteiger partial charge is 0.462 e. The Kier molecular flexibility index (Phi) is 31.4. The second-order valence-electron chi connectivity index (χ2n) is 10.2. The van der Waals surface area contributed by atoms with E-state index in [1.54, 1.807) is 0 Å². The van der Waals surface area contributed by atoms with Gasteiger partial charge in [0.25, 0.3) is 0 Å². The van der Waals surface area contributed by atoms with E-state index < -0.39 is 6.10 Å². The minimum Gasteiger partial charge on any atom is -0.462 e. The molecule has 1 atom stereocenters. The monoisotopic (exact) mass is 606 g/mol. The lowest BCUT2D eigenvalue weighted by molar-refractivity contribution is -0.161. The fourth-order valence-corrected chi connectivity index (χ4v) is 3.71. The summed E-state index contributed by atoms with van der Waals surface area (Å²) in [6.07, 6.45) is 48.6. The summed E-state index contributed by atoms with van der Waals surface area (Å²) in [4.78, 5) is 24.1. The number of hydrogen-bond acceptors (Lipinski definition) is 5. The molecule has 44 heavy (non-hydrogen) atoms. The van der Waals surface area contributed by atoms with Gasteiger partial charge in [0.15, 0.2) is 6.10 Å². The Bertz CT molecular complexity index is 959. The average Bonchev–Trinajstić information content (AvgIpc) is 3.02. The third-order valence-corrected chi connectivity index (χ3v) is 6.16. The summed E-state index contributed by atoms with van der Waals surface area (Å²) in [5.74, 6) is -0.722. The molecule has 0 spiro atoms. The van der Waals surface area contributed by atoms with E-state index in [-0.39, 0.29) is 31.6 Å². The second kappa shape index (κ2) is 34.1. The lowest BCUT2D eigenvalue weighted by Crippen LogP contribution is -2.28. The van der Waals surface area contributed by atoms with E-state index in [4.69, 9.17) is 9.47 Å². The van der Waals surface area contributed by atoms with Crippen LogP contribution in [0.2, 0.25) is 0 Å². The number of rotatable bonds is 27. The van der Waals surface area contributed by atoms with Gasteiger partial charge in [0.05, 0.1) is 6.61 Å². The normalized spacial score (nSPS) is 13.6. The summed E-state index contributed by atoms with van der Waals surface area (Å²) in [6.45, 7) is 3.75. The second-order valence-corrected chi connectivity index (χ2v) is 10.2. The molecule has 244 valence electrons. The minimum absolute atomic E-state index is 0.117. The molecule has 0 aliphatic heterocycles. The first-order valence-electron chi connectivity index (χ1n) is 16.5. The van der Waals surface area contributed by atoms with Gasteiger partial charge in [-0.15, -0.1) is 0 Å². The maximum absolute atomic E-state index is 12.1. The van der Waals surface area contributed by atoms with E-state index in [2.05, 4.69) is 86.8 Å². The summed E-state index contributed by atoms with van der Waals surface area (Å²) < 4.78 is 10.5. The molecule has 0 radical (unpaired) electrons. The number of carbonyl (C=O) groups is 2. The van der Waals surface area contributed by atoms with Crippen molar-refractivity contribution in [1.29, 1.82) is 0 Å². The van der Waals surface area contributed by atoms with Crippen molar-refractivity contribution in [2.24, 2.45) is 0 Å². The van der Waals surface area contributed by atoms with E-state index in [1.165, 1.54) is 0 Å². The number of unbranched alkanes of at least 4 members (excludes halogenated alkanes) is 4. The van der Waals surface area contributed by atoms with Crippen LogP contribution < -0.4 is 0 Å². The van der Waals surface area contributed by atoms with Crippen LogP contribution in [0, 0.1) is 0 Å². The molecule has 0 rings (SSSR count). The number of hydrogen-bond donors (Lipinski definition) is 1. The molecule has 5 heteroatoms. The fourth-order valence-electron chi connectivity index (χ4n) is 3.71. The number of aliphatic hydroxyl groups excluding tert-OH is 1. The van der Waals surface area contributed by atoms with Crippen LogP contribution in [0.1, 0.15) is 104 Å². The van der Waals surface area contributed by atoms with Gasteiger partial charge in [0, 0.05) is 12.8 Å². The van der Waals surface area contributed by atoms with Gasteiger partial charge in [0.1, 0.15) is 6.61 Å². The van der Waals surface area contributed by atoms with E-state index >= 15 is 0 Å². The molecule has 0 fully saturated rings. The first-order valence-corrected chi connectivity index (χ1v) is 16.5. The average molecular weight is 607 g/mol. The number of ether oxygens (including phenoxy) is 2. The van der Waals surface area contributed by atoms with Crippen molar-refractivity contribution in [3.63, 3.8) is 0 Å². The lowest BCUT2D eigenvalue weighted by atomic mass is 10.1. The maximum Gasteiger partial charge on any atom is 0.306 e. The maximum atomic E-state index is 12.1. The third-order valence-electron chi connectivity index (χ3n) is 6.16. The summed E-state index contributed by atoms with van der Waals surface area (Å²) >= 11 is 0. The van der Waals surface area contributed by atoms with Crippen molar-refractivity contribution in [1.82, 2.24) is 0 Å². The fraction of sp³-hybridized carbons (Fsp3) is 0.487. The summed E-state index contributed by atoms with van der Waals surface area (Å²) in [5, 5.41) is 9.49. The van der Waals surface area contributed by atoms with Crippen LogP contribution in [-0.2, 0) is 19.1 Å². The summed E-state index contributed by atoms with van der Waals surface area (Å²) in [5.41, 5.74) is 0. The number of carbonyl (C=O) groups excluding carboxylic acids is 2. The summed E-state index contributed by atoms with van der Waals surface area (Å²) in [6, 6.07) is 0. The van der Waals surface area contributed by atoms with Crippen LogP contribution in [0.25, 0.3) is 0 Å². The standard InChI is InChI=1S/C39H58O5/c1-3-5-7-9-11-13-15-17-18-19-20-22-24-26-28-30-32-34-39(42)44-37(35-40)36-43-38(41)33-31-29-27-25-23-21-16-14-12-10-8-6-4-2/h5-8,10-14,16-18,20-23,26,28,37,40H,3-4,9,15,19,24-25,27,29-36H2,1-2H3/b7-5+,8-6+,12-10+,13-11+,16-14+,18-17+,22-20+,23-21+,28-26+. The van der Waals surface area contributed by atoms with Crippen molar-refractivity contribution in [3.8, 4) is 0 Å². The zero-order valence-electron chi connectivity index (χ0n) is 27.4. The van der Waals surface area contributed by atoms with Crippen LogP contribution in [0.3, 0.4) is 0 Å². The highest BCUT2D eigenvalue weighted by Crippen LogP contribution is 2.07. The van der Waals surface area contributed by atoms with E-state index in [9.17, 15) is 14.7 Å². The van der Waals surface area contributed by atoms with E-state index in [0.717, 1.165) is 70.6 Å². The number of allylic oxidation sites excluding steroid dienone is 18. The Morgan fingerprint density at radius 3 is 1.64 bits per heavy atom. The molecular formula is C39H58O5. The quantitative estimate of drug-likeness (QED) is 0.0436. The van der Waals surface area contributed by atoms with Crippen molar-refractivity contribution < 1.29 is 24.2 Å². The molecule has 0 saturated carbocycles. The van der Waals surface area contributed by atoms with Crippen molar-refractivity contribution in [2.45, 2.75) is 110 Å². The smallest absolute Gasteiger partial charge is 0.306 e. The van der Waals surface area contributed by atoms with Crippen molar-refractivity contribution >= 4 is 11.9 Å². The molecule has 0 heterocycles. The Morgan fingerprint density at radius 1 is 0.545 bits per heavy atom. The Balaban J connectivity index is 3.83. The lowest BCUT2D eigenvalue weighted by Gasteiger charge is -2.15. The van der Waals surface area contributed by atoms with Gasteiger partial charge >= 0.3 is 11.9 Å². The molecule has 1 unspecified atom stereocenters. The highest BCUT2D eigenvalue weighted by Gasteiger charge is 2.15. The molecular weight excluding hydrogens is 548 g/mol. The predicted octanol–water partition coefficient (Wildman–Crippen LogP) is 9.94. The van der Waals surface area contributed by atoms with Gasteiger partial charge in [-0.3, -0.25) is 9.59 Å². The van der Waals surface area contributed by atoms with Crippen LogP contribution in [-0.4, -0.2) is 36.4 Å². The minimum atomic E-state index is -0.823. The molecule has 0 aromatic carbocycles. The van der Waals surface area contributed by atoms with Gasteiger partial charge in [-0.05, 0) is 70.6 Å². The molecule has 1 N–H and O–H groups in total. The van der Waals surface area contributed by atoms with Crippen LogP contribution in [0.15, 0.2) is 109 Å². The van der Waals surface area contributed by atoms with Crippen molar-refractivity contribution in [3.05, 3.63) is 109 Å². The van der Waals surface area contributed by atoms with Gasteiger partial charge in [-0.2, -0.15) is 0 Å². The molecule has 0 amide bonds. The van der Waals surface area contributed by atoms with Crippen LogP contribution in [0.5, 0.6) is 0 Å². The molecule has 0 aliphatic carbocycles. The Morgan fingerprint density at radius 2 is 1.05 bits per heavy atom. The Labute approximate surface area is 268 Å². The van der Waals surface area contributed by atoms with Gasteiger partial charge in [-0.1, -0.05) is 130 Å². The Hall–Kier alpha value is -3.44.